The van der Waals surface area contributed by atoms with Crippen LogP contribution in [-0.4, -0.2) is 36.7 Å². The van der Waals surface area contributed by atoms with E-state index in [4.69, 9.17) is 9.84 Å². The number of esters is 1. The van der Waals surface area contributed by atoms with Gasteiger partial charge in [-0.15, -0.1) is 0 Å². The summed E-state index contributed by atoms with van der Waals surface area (Å²) in [6.45, 7) is -0.190. The smallest absolute Gasteiger partial charge is 0.343 e. The van der Waals surface area contributed by atoms with Gasteiger partial charge in [-0.2, -0.15) is 0 Å². The molecule has 1 aromatic carbocycles. The Bertz CT molecular complexity index is 553. The molecule has 0 aromatic heterocycles. The van der Waals surface area contributed by atoms with Crippen LogP contribution in [-0.2, 0) is 19.1 Å². The maximum atomic E-state index is 11.8. The second-order valence-corrected chi connectivity index (χ2v) is 4.67. The summed E-state index contributed by atoms with van der Waals surface area (Å²) in [5.41, 5.74) is 0.543. The standard InChI is InChI=1S/C14H15NO6/c1-20-12(16)7-21-9-4-2-8(3-5-9)15-13(17)10-6-11(10)14(18)19/h2-5,10-11H,6-7H2,1H3,(H,15,17)(H,18,19)/t10-,11+/m1/s1. The van der Waals surface area contributed by atoms with Gasteiger partial charge in [0, 0.05) is 5.69 Å². The Hall–Kier alpha value is -2.57. The van der Waals surface area contributed by atoms with Crippen molar-refractivity contribution in [3.05, 3.63) is 24.3 Å². The molecule has 0 spiro atoms. The van der Waals surface area contributed by atoms with Gasteiger partial charge < -0.3 is 19.9 Å². The van der Waals surface area contributed by atoms with Crippen LogP contribution < -0.4 is 10.1 Å². The number of anilines is 1. The van der Waals surface area contributed by atoms with Crippen LogP contribution in [0.4, 0.5) is 5.69 Å². The van der Waals surface area contributed by atoms with E-state index in [1.54, 1.807) is 24.3 Å². The van der Waals surface area contributed by atoms with Crippen molar-refractivity contribution in [3.8, 4) is 5.75 Å². The van der Waals surface area contributed by atoms with Crippen molar-refractivity contribution >= 4 is 23.5 Å². The average molecular weight is 293 g/mol. The number of carboxylic acid groups (broad SMARTS) is 1. The highest BCUT2D eigenvalue weighted by atomic mass is 16.6. The molecule has 2 atom stereocenters. The van der Waals surface area contributed by atoms with Gasteiger partial charge in [-0.25, -0.2) is 4.79 Å². The highest BCUT2D eigenvalue weighted by molar-refractivity contribution is 5.98. The van der Waals surface area contributed by atoms with Crippen LogP contribution in [0.3, 0.4) is 0 Å². The topological polar surface area (TPSA) is 102 Å². The van der Waals surface area contributed by atoms with Crippen molar-refractivity contribution < 1.29 is 29.0 Å². The lowest BCUT2D eigenvalue weighted by Gasteiger charge is -2.07. The maximum absolute atomic E-state index is 11.8. The van der Waals surface area contributed by atoms with Gasteiger partial charge in [-0.1, -0.05) is 0 Å². The zero-order valence-corrected chi connectivity index (χ0v) is 11.4. The first-order valence-electron chi connectivity index (χ1n) is 6.34. The van der Waals surface area contributed by atoms with Crippen molar-refractivity contribution in [3.63, 3.8) is 0 Å². The lowest BCUT2D eigenvalue weighted by molar-refractivity contribution is -0.143. The second-order valence-electron chi connectivity index (χ2n) is 4.67. The third-order valence-electron chi connectivity index (χ3n) is 3.15. The van der Waals surface area contributed by atoms with Crippen LogP contribution in [0.2, 0.25) is 0 Å². The van der Waals surface area contributed by atoms with Crippen LogP contribution in [0.25, 0.3) is 0 Å². The fraction of sp³-hybridized carbons (Fsp3) is 0.357. The Kier molecular flexibility index (Phi) is 4.42. The highest BCUT2D eigenvalue weighted by Crippen LogP contribution is 2.39. The van der Waals surface area contributed by atoms with E-state index >= 15 is 0 Å². The molecule has 2 N–H and O–H groups in total. The molecule has 1 aliphatic carbocycles. The maximum Gasteiger partial charge on any atom is 0.343 e. The van der Waals surface area contributed by atoms with Crippen LogP contribution in [0.15, 0.2) is 24.3 Å². The minimum atomic E-state index is -0.943. The van der Waals surface area contributed by atoms with Crippen molar-refractivity contribution in [1.82, 2.24) is 0 Å². The average Bonchev–Trinajstić information content (AvgIpc) is 3.27. The minimum absolute atomic E-state index is 0.190. The van der Waals surface area contributed by atoms with Crippen molar-refractivity contribution in [2.75, 3.05) is 19.0 Å². The molecule has 1 fully saturated rings. The largest absolute Gasteiger partial charge is 0.482 e. The molecule has 21 heavy (non-hydrogen) atoms. The number of benzene rings is 1. The molecule has 1 saturated carbocycles. The summed E-state index contributed by atoms with van der Waals surface area (Å²) in [4.78, 5) is 33.4. The molecule has 7 nitrogen and oxygen atoms in total. The molecule has 0 heterocycles. The third kappa shape index (κ3) is 3.95. The predicted octanol–water partition coefficient (Wildman–Crippen LogP) is 0.898. The summed E-state index contributed by atoms with van der Waals surface area (Å²) < 4.78 is 9.60. The molecule has 0 saturated heterocycles. The van der Waals surface area contributed by atoms with Crippen molar-refractivity contribution in [2.24, 2.45) is 11.8 Å². The Labute approximate surface area is 120 Å². The first-order chi connectivity index (χ1) is 10.0. The molecule has 1 aliphatic rings. The zero-order chi connectivity index (χ0) is 15.4. The molecule has 0 radical (unpaired) electrons. The van der Waals surface area contributed by atoms with Gasteiger partial charge in [0.1, 0.15) is 5.75 Å². The van der Waals surface area contributed by atoms with Crippen LogP contribution in [0, 0.1) is 11.8 Å². The number of rotatable bonds is 6. The highest BCUT2D eigenvalue weighted by Gasteiger charge is 2.48. The molecule has 0 bridgehead atoms. The minimum Gasteiger partial charge on any atom is -0.482 e. The molecule has 2 rings (SSSR count). The normalized spacial score (nSPS) is 19.5. The summed E-state index contributed by atoms with van der Waals surface area (Å²) in [6, 6.07) is 6.42. The number of carbonyl (C=O) groups excluding carboxylic acids is 2. The van der Waals surface area contributed by atoms with Crippen molar-refractivity contribution in [2.45, 2.75) is 6.42 Å². The Morgan fingerprint density at radius 2 is 1.90 bits per heavy atom. The van der Waals surface area contributed by atoms with Crippen LogP contribution in [0.5, 0.6) is 5.75 Å². The predicted molar refractivity (Wildman–Crippen MR) is 71.8 cm³/mol. The lowest BCUT2D eigenvalue weighted by Crippen LogP contribution is -2.16. The van der Waals surface area contributed by atoms with Crippen molar-refractivity contribution in [1.29, 1.82) is 0 Å². The molecule has 0 unspecified atom stereocenters. The first-order valence-corrected chi connectivity index (χ1v) is 6.34. The van der Waals surface area contributed by atoms with E-state index in [2.05, 4.69) is 10.1 Å². The molecule has 1 amide bonds. The van der Waals surface area contributed by atoms with Gasteiger partial charge in [0.25, 0.3) is 0 Å². The van der Waals surface area contributed by atoms with Crippen LogP contribution >= 0.6 is 0 Å². The van der Waals surface area contributed by atoms with Gasteiger partial charge in [-0.05, 0) is 30.7 Å². The van der Waals surface area contributed by atoms with E-state index in [9.17, 15) is 14.4 Å². The van der Waals surface area contributed by atoms with E-state index in [-0.39, 0.29) is 12.5 Å². The molecule has 112 valence electrons. The Morgan fingerprint density at radius 1 is 1.24 bits per heavy atom. The van der Waals surface area contributed by atoms with Gasteiger partial charge in [-0.3, -0.25) is 9.59 Å². The summed E-state index contributed by atoms with van der Waals surface area (Å²) in [5, 5.41) is 11.4. The monoisotopic (exact) mass is 293 g/mol. The van der Waals surface area contributed by atoms with Gasteiger partial charge in [0.2, 0.25) is 5.91 Å². The quantitative estimate of drug-likeness (QED) is 0.755. The summed E-state index contributed by atoms with van der Waals surface area (Å²) in [7, 11) is 1.27. The molecule has 7 heteroatoms. The summed E-state index contributed by atoms with van der Waals surface area (Å²) in [5.74, 6) is -2.30. The van der Waals surface area contributed by atoms with Gasteiger partial charge in [0.05, 0.1) is 18.9 Å². The number of carboxylic acids is 1. The SMILES string of the molecule is COC(=O)COc1ccc(NC(=O)[C@@H]2C[C@@H]2C(=O)O)cc1. The van der Waals surface area contributed by atoms with E-state index in [0.717, 1.165) is 0 Å². The van der Waals surface area contributed by atoms with Crippen LogP contribution in [0.1, 0.15) is 6.42 Å². The molecule has 1 aromatic rings. The number of nitrogens with one attached hydrogen (secondary N) is 1. The second kappa shape index (κ2) is 6.25. The summed E-state index contributed by atoms with van der Waals surface area (Å²) in [6.07, 6.45) is 0.376. The number of hydrogen-bond donors (Lipinski definition) is 2. The Balaban J connectivity index is 1.84. The number of amides is 1. The van der Waals surface area contributed by atoms with E-state index in [1.165, 1.54) is 7.11 Å². The lowest BCUT2D eigenvalue weighted by atomic mass is 10.2. The third-order valence-corrected chi connectivity index (χ3v) is 3.15. The Morgan fingerprint density at radius 3 is 2.43 bits per heavy atom. The summed E-state index contributed by atoms with van der Waals surface area (Å²) >= 11 is 0. The molecular weight excluding hydrogens is 278 g/mol. The van der Waals surface area contributed by atoms with E-state index in [0.29, 0.717) is 17.9 Å². The van der Waals surface area contributed by atoms with Gasteiger partial charge >= 0.3 is 11.9 Å². The van der Waals surface area contributed by atoms with E-state index < -0.39 is 23.8 Å². The molecule has 0 aliphatic heterocycles. The fourth-order valence-electron chi connectivity index (χ4n) is 1.83. The van der Waals surface area contributed by atoms with E-state index in [1.807, 2.05) is 0 Å². The number of carbonyl (C=O) groups is 3. The number of methoxy groups -OCH3 is 1. The number of aliphatic carboxylic acids is 1. The molecular formula is C14H15NO6. The first kappa shape index (κ1) is 14.8. The fourth-order valence-corrected chi connectivity index (χ4v) is 1.83. The number of ether oxygens (including phenoxy) is 2. The number of hydrogen-bond acceptors (Lipinski definition) is 5. The van der Waals surface area contributed by atoms with Gasteiger partial charge in [0.15, 0.2) is 6.61 Å². The zero-order valence-electron chi connectivity index (χ0n) is 11.4.